The highest BCUT2D eigenvalue weighted by molar-refractivity contribution is 6.01. The minimum absolute atomic E-state index is 0.0613. The summed E-state index contributed by atoms with van der Waals surface area (Å²) >= 11 is 0. The molecule has 8 heteroatoms. The van der Waals surface area contributed by atoms with Crippen LogP contribution in [0.2, 0.25) is 0 Å². The van der Waals surface area contributed by atoms with Crippen molar-refractivity contribution in [3.63, 3.8) is 0 Å². The van der Waals surface area contributed by atoms with Crippen LogP contribution in [0.1, 0.15) is 23.2 Å². The minimum atomic E-state index is -0.326. The zero-order valence-electron chi connectivity index (χ0n) is 18.7. The second-order valence-corrected chi connectivity index (χ2v) is 8.02. The van der Waals surface area contributed by atoms with Crippen LogP contribution >= 0.6 is 0 Å². The number of oxime groups is 1. The van der Waals surface area contributed by atoms with Crippen molar-refractivity contribution in [2.75, 3.05) is 0 Å². The summed E-state index contributed by atoms with van der Waals surface area (Å²) in [5, 5.41) is 18.9. The van der Waals surface area contributed by atoms with E-state index in [1.165, 1.54) is 16.8 Å². The molecule has 0 bridgehead atoms. The van der Waals surface area contributed by atoms with Gasteiger partial charge in [-0.2, -0.15) is 5.10 Å². The predicted molar refractivity (Wildman–Crippen MR) is 129 cm³/mol. The Morgan fingerprint density at radius 2 is 2.03 bits per heavy atom. The van der Waals surface area contributed by atoms with E-state index < -0.39 is 0 Å². The van der Waals surface area contributed by atoms with E-state index in [1.54, 1.807) is 37.3 Å². The van der Waals surface area contributed by atoms with Gasteiger partial charge in [0, 0.05) is 23.1 Å². The van der Waals surface area contributed by atoms with Crippen molar-refractivity contribution in [3.8, 4) is 16.9 Å². The van der Waals surface area contributed by atoms with Gasteiger partial charge in [-0.15, -0.1) is 5.90 Å². The first-order valence-corrected chi connectivity index (χ1v) is 10.9. The molecule has 1 heterocycles. The first-order valence-electron chi connectivity index (χ1n) is 10.9. The number of rotatable bonds is 7. The van der Waals surface area contributed by atoms with Crippen LogP contribution in [-0.2, 0) is 24.3 Å². The van der Waals surface area contributed by atoms with Gasteiger partial charge in [-0.05, 0) is 49.1 Å². The summed E-state index contributed by atoms with van der Waals surface area (Å²) in [4.78, 5) is 18.1. The van der Waals surface area contributed by atoms with Gasteiger partial charge in [0.15, 0.2) is 0 Å². The van der Waals surface area contributed by atoms with Gasteiger partial charge in [-0.3, -0.25) is 4.79 Å². The second kappa shape index (κ2) is 10.3. The Balaban J connectivity index is 1.80. The first kappa shape index (κ1) is 23.1. The van der Waals surface area contributed by atoms with Crippen LogP contribution in [-0.4, -0.2) is 20.6 Å². The van der Waals surface area contributed by atoms with Gasteiger partial charge in [0.2, 0.25) is 0 Å². The summed E-state index contributed by atoms with van der Waals surface area (Å²) < 4.78 is 15.1. The van der Waals surface area contributed by atoms with Crippen molar-refractivity contribution in [1.29, 1.82) is 0 Å². The van der Waals surface area contributed by atoms with E-state index in [0.717, 1.165) is 11.1 Å². The molecule has 0 saturated heterocycles. The largest absolute Gasteiger partial charge is 0.507 e. The molecule has 34 heavy (non-hydrogen) atoms. The molecule has 3 N–H and O–H groups in total. The summed E-state index contributed by atoms with van der Waals surface area (Å²) in [6, 6.07) is 13.2. The molecule has 7 nitrogen and oxygen atoms in total. The quantitative estimate of drug-likeness (QED) is 0.519. The zero-order chi connectivity index (χ0) is 24.1. The second-order valence-electron chi connectivity index (χ2n) is 8.02. The molecule has 0 atom stereocenters. The fourth-order valence-electron chi connectivity index (χ4n) is 4.16. The van der Waals surface area contributed by atoms with E-state index in [1.807, 2.05) is 24.3 Å². The number of nitrogens with zero attached hydrogens (tertiary/aromatic N) is 3. The van der Waals surface area contributed by atoms with Gasteiger partial charge in [-0.1, -0.05) is 53.7 Å². The summed E-state index contributed by atoms with van der Waals surface area (Å²) in [6.45, 7) is 1.98. The van der Waals surface area contributed by atoms with Gasteiger partial charge in [0.25, 0.3) is 5.56 Å². The van der Waals surface area contributed by atoms with Crippen molar-refractivity contribution in [2.24, 2.45) is 11.1 Å². The van der Waals surface area contributed by atoms with Crippen LogP contribution in [0.25, 0.3) is 11.1 Å². The predicted octanol–water partition coefficient (Wildman–Crippen LogP) is 3.98. The van der Waals surface area contributed by atoms with Crippen LogP contribution in [0, 0.1) is 12.7 Å². The number of aromatic hydroxyl groups is 1. The van der Waals surface area contributed by atoms with Gasteiger partial charge in [0.05, 0.1) is 18.0 Å². The highest BCUT2D eigenvalue weighted by Crippen LogP contribution is 2.32. The SMILES string of the molecule is Cc1nn(CC2=CC=CC/C2=N\ON)c(=O)c(CCc2cccc(F)c2)c1-c1ccccc1O. The number of nitrogens with two attached hydrogens (primary N) is 1. The Labute approximate surface area is 196 Å². The van der Waals surface area contributed by atoms with Crippen LogP contribution in [0.15, 0.2) is 82.3 Å². The van der Waals surface area contributed by atoms with Crippen LogP contribution in [0.4, 0.5) is 4.39 Å². The maximum Gasteiger partial charge on any atom is 0.270 e. The van der Waals surface area contributed by atoms with Crippen LogP contribution in [0.3, 0.4) is 0 Å². The van der Waals surface area contributed by atoms with Crippen molar-refractivity contribution in [1.82, 2.24) is 9.78 Å². The van der Waals surface area contributed by atoms with Gasteiger partial charge in [0.1, 0.15) is 11.6 Å². The molecule has 0 saturated carbocycles. The molecule has 0 aliphatic heterocycles. The molecule has 0 spiro atoms. The lowest BCUT2D eigenvalue weighted by Gasteiger charge is -2.18. The normalized spacial score (nSPS) is 14.3. The smallest absolute Gasteiger partial charge is 0.270 e. The average molecular weight is 461 g/mol. The maximum absolute atomic E-state index is 13.7. The van der Waals surface area contributed by atoms with E-state index >= 15 is 0 Å². The lowest BCUT2D eigenvalue weighted by molar-refractivity contribution is 0.148. The number of phenols is 1. The molecule has 3 aromatic rings. The van der Waals surface area contributed by atoms with Gasteiger partial charge >= 0.3 is 0 Å². The van der Waals surface area contributed by atoms with E-state index in [9.17, 15) is 14.3 Å². The molecule has 1 aromatic heterocycles. The third-order valence-electron chi connectivity index (χ3n) is 5.75. The highest BCUT2D eigenvalue weighted by atomic mass is 19.1. The van der Waals surface area contributed by atoms with E-state index in [4.69, 9.17) is 5.90 Å². The fourth-order valence-corrected chi connectivity index (χ4v) is 4.16. The highest BCUT2D eigenvalue weighted by Gasteiger charge is 2.21. The summed E-state index contributed by atoms with van der Waals surface area (Å²) in [5.74, 6) is 4.86. The van der Waals surface area contributed by atoms with Crippen molar-refractivity contribution in [3.05, 3.63) is 105 Å². The summed E-state index contributed by atoms with van der Waals surface area (Å²) in [7, 11) is 0. The fraction of sp³-hybridized carbons (Fsp3) is 0.192. The summed E-state index contributed by atoms with van der Waals surface area (Å²) in [6.07, 6.45) is 6.96. The number of phenolic OH excluding ortho intramolecular Hbond substituents is 1. The Bertz CT molecular complexity index is 1360. The molecular weight excluding hydrogens is 435 g/mol. The minimum Gasteiger partial charge on any atom is -0.507 e. The van der Waals surface area contributed by atoms with Gasteiger partial charge in [-0.25, -0.2) is 9.07 Å². The summed E-state index contributed by atoms with van der Waals surface area (Å²) in [5.41, 5.74) is 4.07. The van der Waals surface area contributed by atoms with Crippen LogP contribution in [0.5, 0.6) is 5.75 Å². The molecule has 0 amide bonds. The standard InChI is InChI=1S/C26H25FN4O3/c1-17-25(21-10-3-5-12-24(21)32)22(14-13-18-7-6-9-20(27)15-18)26(33)31(29-17)16-19-8-2-4-11-23(19)30-34-28/h2-10,12,15,32H,11,13-14,16,28H2,1H3/b30-23+. The lowest BCUT2D eigenvalue weighted by Crippen LogP contribution is -2.30. The Kier molecular flexibility index (Phi) is 6.98. The number of benzene rings is 2. The van der Waals surface area contributed by atoms with E-state index in [0.29, 0.717) is 47.4 Å². The molecule has 0 radical (unpaired) electrons. The Morgan fingerprint density at radius 3 is 2.79 bits per heavy atom. The number of aryl methyl sites for hydroxylation is 2. The van der Waals surface area contributed by atoms with E-state index in [-0.39, 0.29) is 23.7 Å². The molecule has 0 fully saturated rings. The Morgan fingerprint density at radius 1 is 1.21 bits per heavy atom. The molecule has 4 rings (SSSR count). The van der Waals surface area contributed by atoms with Crippen molar-refractivity contribution in [2.45, 2.75) is 32.7 Å². The molecule has 174 valence electrons. The third-order valence-corrected chi connectivity index (χ3v) is 5.75. The molecular formula is C26H25FN4O3. The van der Waals surface area contributed by atoms with Crippen molar-refractivity contribution < 1.29 is 14.4 Å². The maximum atomic E-state index is 13.7. The van der Waals surface area contributed by atoms with E-state index in [2.05, 4.69) is 15.2 Å². The zero-order valence-corrected chi connectivity index (χ0v) is 18.7. The molecule has 0 unspecified atom stereocenters. The number of para-hydroxylation sites is 1. The molecule has 1 aliphatic rings. The topological polar surface area (TPSA) is 103 Å². The monoisotopic (exact) mass is 460 g/mol. The number of hydrogen-bond donors (Lipinski definition) is 2. The number of hydrogen-bond acceptors (Lipinski definition) is 6. The molecule has 1 aliphatic carbocycles. The average Bonchev–Trinajstić information content (AvgIpc) is 2.82. The number of allylic oxidation sites excluding steroid dienone is 4. The van der Waals surface area contributed by atoms with Crippen molar-refractivity contribution >= 4 is 5.71 Å². The van der Waals surface area contributed by atoms with Gasteiger partial charge < -0.3 is 10.0 Å². The number of halogens is 1. The number of aromatic nitrogens is 2. The Hall–Kier alpha value is -4.04. The first-order chi connectivity index (χ1) is 16.5. The van der Waals surface area contributed by atoms with Crippen LogP contribution < -0.4 is 11.5 Å². The third kappa shape index (κ3) is 4.97. The molecule has 2 aromatic carbocycles. The lowest BCUT2D eigenvalue weighted by atomic mass is 9.94.